The molecule has 0 aliphatic carbocycles. The molecule has 0 aromatic carbocycles. The number of halogens is 1. The van der Waals surface area contributed by atoms with Gasteiger partial charge in [-0.2, -0.15) is 0 Å². The minimum absolute atomic E-state index is 0.896. The molecule has 1 rings (SSSR count). The van der Waals surface area contributed by atoms with Gasteiger partial charge in [0, 0.05) is 0 Å². The van der Waals surface area contributed by atoms with Crippen LogP contribution in [-0.2, 0) is 0 Å². The van der Waals surface area contributed by atoms with Crippen LogP contribution in [0.5, 0.6) is 0 Å². The van der Waals surface area contributed by atoms with Crippen LogP contribution in [0.4, 0.5) is 4.20 Å². The third-order valence-corrected chi connectivity index (χ3v) is 4.25. The lowest BCUT2D eigenvalue weighted by Gasteiger charge is -2.15. The predicted octanol–water partition coefficient (Wildman–Crippen LogP) is 2.70. The molecule has 0 spiro atoms. The first-order valence-corrected chi connectivity index (χ1v) is 5.75. The maximum Gasteiger partial charge on any atom is 0.199 e. The van der Waals surface area contributed by atoms with Gasteiger partial charge in [-0.1, -0.05) is 4.20 Å². The maximum absolute atomic E-state index is 13.0. The zero-order valence-corrected chi connectivity index (χ0v) is 6.26. The van der Waals surface area contributed by atoms with E-state index in [1.54, 1.807) is 0 Å². The summed E-state index contributed by atoms with van der Waals surface area (Å²) in [6.45, 7) is 1.83. The molecule has 0 aromatic heterocycles. The molecule has 0 aromatic rings. The average molecular weight is 135 g/mol. The van der Waals surface area contributed by atoms with Crippen molar-refractivity contribution in [2.75, 3.05) is 19.0 Å². The molecule has 1 fully saturated rings. The third-order valence-electron chi connectivity index (χ3n) is 1.75. The molecule has 0 amide bonds. The van der Waals surface area contributed by atoms with Crippen LogP contribution in [0.2, 0.25) is 0 Å². The Hall–Kier alpha value is 0.360. The molecule has 2 heteroatoms. The second kappa shape index (κ2) is 2.31. The Kier molecular flexibility index (Phi) is 1.87. The van der Waals surface area contributed by atoms with E-state index >= 15 is 0 Å². The fourth-order valence-corrected chi connectivity index (χ4v) is 3.16. The molecular formula is C6H13FP+. The first-order valence-electron chi connectivity index (χ1n) is 3.25. The fourth-order valence-electron chi connectivity index (χ4n) is 1.17. The zero-order valence-electron chi connectivity index (χ0n) is 5.36. The van der Waals surface area contributed by atoms with E-state index in [9.17, 15) is 4.20 Å². The van der Waals surface area contributed by atoms with E-state index in [0.29, 0.717) is 0 Å². The molecular weight excluding hydrogens is 122 g/mol. The van der Waals surface area contributed by atoms with Gasteiger partial charge in [-0.15, -0.1) is 0 Å². The standard InChI is InChI=1S/C6H13FP/c1-8(7)5-3-2-4-6-8/h2-6H2,1H3/q+1. The number of rotatable bonds is 0. The Morgan fingerprint density at radius 3 is 1.88 bits per heavy atom. The monoisotopic (exact) mass is 135 g/mol. The van der Waals surface area contributed by atoms with E-state index in [2.05, 4.69) is 0 Å². The minimum Gasteiger partial charge on any atom is -0.0658 e. The van der Waals surface area contributed by atoms with Gasteiger partial charge in [0.25, 0.3) is 0 Å². The topological polar surface area (TPSA) is 0 Å². The van der Waals surface area contributed by atoms with Gasteiger partial charge in [-0.05, 0) is 19.3 Å². The quantitative estimate of drug-likeness (QED) is 0.448. The molecule has 0 atom stereocenters. The average Bonchev–Trinajstić information content (AvgIpc) is 1.65. The van der Waals surface area contributed by atoms with Crippen molar-refractivity contribution in [3.05, 3.63) is 0 Å². The minimum atomic E-state index is -1.84. The van der Waals surface area contributed by atoms with Crippen molar-refractivity contribution in [3.63, 3.8) is 0 Å². The molecule has 1 aliphatic rings. The molecule has 48 valence electrons. The molecule has 0 saturated carbocycles. The van der Waals surface area contributed by atoms with E-state index in [1.165, 1.54) is 6.42 Å². The Morgan fingerprint density at radius 2 is 1.62 bits per heavy atom. The van der Waals surface area contributed by atoms with Gasteiger partial charge in [-0.25, -0.2) is 0 Å². The summed E-state index contributed by atoms with van der Waals surface area (Å²) < 4.78 is 13.0. The van der Waals surface area contributed by atoms with Gasteiger partial charge >= 0.3 is 0 Å². The van der Waals surface area contributed by atoms with Gasteiger partial charge < -0.3 is 0 Å². The molecule has 0 nitrogen and oxygen atoms in total. The summed E-state index contributed by atoms with van der Waals surface area (Å²) in [4.78, 5) is 0. The van der Waals surface area contributed by atoms with Gasteiger partial charge in [0.2, 0.25) is 0 Å². The van der Waals surface area contributed by atoms with E-state index in [1.807, 2.05) is 6.66 Å². The summed E-state index contributed by atoms with van der Waals surface area (Å²) in [5.41, 5.74) is 0. The molecule has 0 N–H and O–H groups in total. The van der Waals surface area contributed by atoms with Crippen LogP contribution < -0.4 is 0 Å². The van der Waals surface area contributed by atoms with Crippen LogP contribution in [0.15, 0.2) is 0 Å². The van der Waals surface area contributed by atoms with Crippen LogP contribution in [0.3, 0.4) is 0 Å². The van der Waals surface area contributed by atoms with Crippen LogP contribution >= 0.6 is 7.57 Å². The van der Waals surface area contributed by atoms with Crippen molar-refractivity contribution < 1.29 is 4.20 Å². The summed E-state index contributed by atoms with van der Waals surface area (Å²) in [6, 6.07) is 0. The summed E-state index contributed by atoms with van der Waals surface area (Å²) in [5.74, 6) is 0. The smallest absolute Gasteiger partial charge is 0.0658 e. The highest BCUT2D eigenvalue weighted by molar-refractivity contribution is 7.70. The molecule has 0 bridgehead atoms. The number of hydrogen-bond donors (Lipinski definition) is 0. The predicted molar refractivity (Wildman–Crippen MR) is 37.5 cm³/mol. The largest absolute Gasteiger partial charge is 0.199 e. The van der Waals surface area contributed by atoms with Crippen LogP contribution in [0.25, 0.3) is 0 Å². The summed E-state index contributed by atoms with van der Waals surface area (Å²) in [5, 5.41) is 0. The van der Waals surface area contributed by atoms with Gasteiger partial charge in [0.1, 0.15) is 0 Å². The Morgan fingerprint density at radius 1 is 1.12 bits per heavy atom. The Bertz CT molecular complexity index is 72.6. The highest BCUT2D eigenvalue weighted by Gasteiger charge is 2.33. The first-order chi connectivity index (χ1) is 3.71. The van der Waals surface area contributed by atoms with Crippen molar-refractivity contribution in [2.45, 2.75) is 19.3 Å². The fraction of sp³-hybridized carbons (Fsp3) is 1.00. The molecule has 1 saturated heterocycles. The first kappa shape index (κ1) is 6.48. The highest BCUT2D eigenvalue weighted by atomic mass is 31.2. The highest BCUT2D eigenvalue weighted by Crippen LogP contribution is 2.60. The lowest BCUT2D eigenvalue weighted by molar-refractivity contribution is 0.701. The van der Waals surface area contributed by atoms with E-state index in [0.717, 1.165) is 25.2 Å². The van der Waals surface area contributed by atoms with Gasteiger partial charge in [0.05, 0.1) is 19.0 Å². The van der Waals surface area contributed by atoms with Gasteiger partial charge in [-0.3, -0.25) is 0 Å². The lowest BCUT2D eigenvalue weighted by atomic mass is 10.3. The summed E-state index contributed by atoms with van der Waals surface area (Å²) in [6.07, 6.45) is 5.33. The summed E-state index contributed by atoms with van der Waals surface area (Å²) >= 11 is 0. The summed E-state index contributed by atoms with van der Waals surface area (Å²) in [7, 11) is -1.84. The molecule has 0 unspecified atom stereocenters. The SMILES string of the molecule is C[P+]1(F)CCCCC1. The maximum atomic E-state index is 13.0. The van der Waals surface area contributed by atoms with Crippen molar-refractivity contribution in [1.29, 1.82) is 0 Å². The normalized spacial score (nSPS) is 27.8. The van der Waals surface area contributed by atoms with E-state index in [4.69, 9.17) is 0 Å². The van der Waals surface area contributed by atoms with Crippen molar-refractivity contribution in [2.24, 2.45) is 0 Å². The van der Waals surface area contributed by atoms with Crippen LogP contribution in [0, 0.1) is 0 Å². The van der Waals surface area contributed by atoms with Crippen LogP contribution in [0.1, 0.15) is 19.3 Å². The Balaban J connectivity index is 2.33. The molecule has 8 heavy (non-hydrogen) atoms. The van der Waals surface area contributed by atoms with E-state index < -0.39 is 7.57 Å². The van der Waals surface area contributed by atoms with Crippen LogP contribution in [-0.4, -0.2) is 19.0 Å². The third kappa shape index (κ3) is 1.70. The van der Waals surface area contributed by atoms with E-state index in [-0.39, 0.29) is 0 Å². The van der Waals surface area contributed by atoms with Crippen molar-refractivity contribution in [3.8, 4) is 0 Å². The van der Waals surface area contributed by atoms with Crippen molar-refractivity contribution in [1.82, 2.24) is 0 Å². The number of hydrogen-bond acceptors (Lipinski definition) is 0. The second-order valence-electron chi connectivity index (χ2n) is 2.77. The molecule has 1 heterocycles. The molecule has 1 aliphatic heterocycles. The van der Waals surface area contributed by atoms with Crippen molar-refractivity contribution >= 4 is 7.57 Å². The Labute approximate surface area is 50.9 Å². The lowest BCUT2D eigenvalue weighted by Crippen LogP contribution is -2.03. The van der Waals surface area contributed by atoms with Gasteiger partial charge in [0.15, 0.2) is 7.57 Å². The molecule has 0 radical (unpaired) electrons. The zero-order chi connectivity index (χ0) is 6.04. The second-order valence-corrected chi connectivity index (χ2v) is 6.19.